The fraction of sp³-hybridized carbons (Fsp3) is 0.857. The van der Waals surface area contributed by atoms with Crippen LogP contribution in [0.1, 0.15) is 27.7 Å². The molecule has 0 aromatic carbocycles. The molecule has 0 amide bonds. The largest absolute Gasteiger partial charge is 0.523 e. The number of ether oxygens (including phenoxy) is 4. The molecule has 0 aromatic rings. The summed E-state index contributed by atoms with van der Waals surface area (Å²) in [5, 5.41) is 35.1. The van der Waals surface area contributed by atoms with Crippen LogP contribution >= 0.6 is 0 Å². The van der Waals surface area contributed by atoms with Crippen molar-refractivity contribution in [2.45, 2.75) is 81.2 Å². The first-order chi connectivity index (χ1) is 17.2. The lowest BCUT2D eigenvalue weighted by atomic mass is 9.51. The molecule has 4 saturated heterocycles. The zero-order valence-electron chi connectivity index (χ0n) is 20.1. The molecule has 13 nitrogen and oxygen atoms in total. The second-order valence-electron chi connectivity index (χ2n) is 11.8. The Bertz CT molecular complexity index is 1290. The Morgan fingerprint density at radius 1 is 0.974 bits per heavy atom. The van der Waals surface area contributed by atoms with Gasteiger partial charge in [0.25, 0.3) is 0 Å². The van der Waals surface area contributed by atoms with Crippen molar-refractivity contribution in [2.24, 2.45) is 28.1 Å². The number of hydrogen-bond donors (Lipinski definition) is 3. The molecule has 2 saturated carbocycles. The second-order valence-corrected chi connectivity index (χ2v) is 13.3. The van der Waals surface area contributed by atoms with Crippen LogP contribution in [0, 0.1) is 28.1 Å². The van der Waals surface area contributed by atoms with E-state index in [0.717, 1.165) is 6.92 Å². The lowest BCUT2D eigenvalue weighted by Gasteiger charge is -2.47. The Hall–Kier alpha value is -2.05. The van der Waals surface area contributed by atoms with Crippen LogP contribution in [0.2, 0.25) is 0 Å². The molecule has 4 unspecified atom stereocenters. The maximum atomic E-state index is 13.6. The van der Waals surface area contributed by atoms with Crippen LogP contribution in [0.15, 0.2) is 0 Å². The van der Waals surface area contributed by atoms with Gasteiger partial charge >= 0.3 is 33.5 Å². The number of aliphatic hydroxyl groups is 3. The molecule has 6 fully saturated rings. The van der Waals surface area contributed by atoms with Gasteiger partial charge in [0.05, 0.1) is 16.7 Å². The molecule has 3 N–H and O–H groups in total. The predicted molar refractivity (Wildman–Crippen MR) is 107 cm³/mol. The Kier molecular flexibility index (Phi) is 4.57. The van der Waals surface area contributed by atoms with E-state index in [9.17, 15) is 51.3 Å². The van der Waals surface area contributed by atoms with Crippen molar-refractivity contribution in [3.63, 3.8) is 0 Å². The highest BCUT2D eigenvalue weighted by Gasteiger charge is 3.05. The smallest absolute Gasteiger partial charge is 0.456 e. The minimum atomic E-state index is -6.38. The van der Waals surface area contributed by atoms with Crippen LogP contribution in [0.3, 0.4) is 0 Å². The second kappa shape index (κ2) is 6.63. The quantitative estimate of drug-likeness (QED) is 0.150. The maximum absolute atomic E-state index is 13.6. The maximum Gasteiger partial charge on any atom is 0.523 e. The van der Waals surface area contributed by atoms with Crippen molar-refractivity contribution in [1.29, 1.82) is 0 Å². The zero-order valence-corrected chi connectivity index (χ0v) is 20.9. The molecule has 6 aliphatic rings. The number of alkyl halides is 3. The molecule has 38 heavy (non-hydrogen) atoms. The highest BCUT2D eigenvalue weighted by Crippen LogP contribution is 2.84. The molecule has 0 aromatic heterocycles. The number of esters is 3. The van der Waals surface area contributed by atoms with Gasteiger partial charge in [-0.15, -0.1) is 0 Å². The number of fused-ring (bicyclic) bond motifs is 1. The minimum absolute atomic E-state index is 1.05. The van der Waals surface area contributed by atoms with Crippen LogP contribution in [-0.4, -0.2) is 95.2 Å². The topological polar surface area (TPSA) is 192 Å². The zero-order chi connectivity index (χ0) is 28.4. The summed E-state index contributed by atoms with van der Waals surface area (Å²) in [6.45, 7) is 5.42. The van der Waals surface area contributed by atoms with E-state index in [0.29, 0.717) is 0 Å². The van der Waals surface area contributed by atoms with E-state index in [2.05, 4.69) is 0 Å². The Labute approximate surface area is 212 Å². The van der Waals surface area contributed by atoms with E-state index in [1.807, 2.05) is 0 Å². The number of carbonyl (C=O) groups excluding carboxylic acids is 3. The molecule has 12 atom stereocenters. The Balaban J connectivity index is 1.71. The summed E-state index contributed by atoms with van der Waals surface area (Å²) in [6, 6.07) is 0. The molecule has 212 valence electrons. The summed E-state index contributed by atoms with van der Waals surface area (Å²) in [6.07, 6.45) is -12.9. The van der Waals surface area contributed by atoms with E-state index in [4.69, 9.17) is 23.1 Å². The SMILES string of the molecule is C[C@@H]1C(=O)O[C@H]2[C@@H](O)C34C5OC(=O)[C@]3(O[C@@H]3OC(=O)[C@H](O)C34C(C(C)(C)C)[C@H]5OS(=O)(=O)C(F)(F)F)[C@@]12O. The normalized spacial score (nSPS) is 52.8. The number of hydrogen-bond acceptors (Lipinski definition) is 13. The van der Waals surface area contributed by atoms with E-state index in [1.165, 1.54) is 20.8 Å². The van der Waals surface area contributed by atoms with Crippen molar-refractivity contribution < 1.29 is 74.4 Å². The number of rotatable bonds is 2. The molecule has 17 heteroatoms. The van der Waals surface area contributed by atoms with Crippen molar-refractivity contribution in [2.75, 3.05) is 0 Å². The van der Waals surface area contributed by atoms with Gasteiger partial charge in [-0.25, -0.2) is 9.59 Å². The fourth-order valence-electron chi connectivity index (χ4n) is 8.53. The van der Waals surface area contributed by atoms with Gasteiger partial charge in [0.1, 0.15) is 18.3 Å². The molecule has 4 aliphatic heterocycles. The number of carbonyl (C=O) groups is 3. The summed E-state index contributed by atoms with van der Waals surface area (Å²) < 4.78 is 91.4. The van der Waals surface area contributed by atoms with Gasteiger partial charge < -0.3 is 34.3 Å². The standard InChI is InChI=1S/C21H23F3O13S/c1-5-12(27)33-11-8(25)18-10-6(37-38(31,32)21(22,23)24)7(16(2,3)4)17(18)9(26)13(28)35-15(17)36-20(18,14(29)34-10)19(5,11)30/h5-11,15,25-26,30H,1-4H3/t5-,6-,7?,8-,9+,10?,11+,15+,17?,18?,19-,20-/m1/s1. The molecule has 4 heterocycles. The third-order valence-corrected chi connectivity index (χ3v) is 10.5. The van der Waals surface area contributed by atoms with Crippen LogP contribution in [0.5, 0.6) is 0 Å². The van der Waals surface area contributed by atoms with Crippen LogP contribution in [0.25, 0.3) is 0 Å². The summed E-state index contributed by atoms with van der Waals surface area (Å²) in [7, 11) is -6.38. The van der Waals surface area contributed by atoms with Gasteiger partial charge in [0.15, 0.2) is 17.8 Å². The molecule has 2 spiro atoms. The van der Waals surface area contributed by atoms with Crippen molar-refractivity contribution in [3.8, 4) is 0 Å². The highest BCUT2D eigenvalue weighted by atomic mass is 32.2. The van der Waals surface area contributed by atoms with Crippen LogP contribution in [-0.2, 0) is 47.6 Å². The average molecular weight is 572 g/mol. The van der Waals surface area contributed by atoms with E-state index in [-0.39, 0.29) is 0 Å². The molecule has 2 aliphatic carbocycles. The average Bonchev–Trinajstić information content (AvgIpc) is 3.46. The molecule has 6 rings (SSSR count). The van der Waals surface area contributed by atoms with Crippen molar-refractivity contribution in [3.05, 3.63) is 0 Å². The third-order valence-electron chi connectivity index (χ3n) is 9.45. The van der Waals surface area contributed by atoms with Gasteiger partial charge in [-0.1, -0.05) is 20.8 Å². The summed E-state index contributed by atoms with van der Waals surface area (Å²) in [5.41, 5.74) is -17.8. The summed E-state index contributed by atoms with van der Waals surface area (Å²) in [5.74, 6) is -7.11. The van der Waals surface area contributed by atoms with E-state index < -0.39 is 110 Å². The van der Waals surface area contributed by atoms with Crippen LogP contribution in [0.4, 0.5) is 13.2 Å². The molecular formula is C21H23F3O13S. The van der Waals surface area contributed by atoms with Crippen molar-refractivity contribution >= 4 is 28.0 Å². The minimum Gasteiger partial charge on any atom is -0.456 e. The first kappa shape index (κ1) is 26.2. The van der Waals surface area contributed by atoms with Gasteiger partial charge in [-0.3, -0.25) is 8.98 Å². The first-order valence-corrected chi connectivity index (χ1v) is 13.0. The molecule has 0 bridgehead atoms. The van der Waals surface area contributed by atoms with Gasteiger partial charge in [-0.05, 0) is 12.3 Å². The van der Waals surface area contributed by atoms with E-state index >= 15 is 0 Å². The summed E-state index contributed by atoms with van der Waals surface area (Å²) >= 11 is 0. The van der Waals surface area contributed by atoms with Gasteiger partial charge in [0.2, 0.25) is 11.9 Å². The van der Waals surface area contributed by atoms with Gasteiger partial charge in [-0.2, -0.15) is 21.6 Å². The molecule has 0 radical (unpaired) electrons. The molecular weight excluding hydrogens is 549 g/mol. The summed E-state index contributed by atoms with van der Waals surface area (Å²) in [4.78, 5) is 38.9. The predicted octanol–water partition coefficient (Wildman–Crippen LogP) is -1.52. The highest BCUT2D eigenvalue weighted by molar-refractivity contribution is 7.87. The monoisotopic (exact) mass is 572 g/mol. The fourth-order valence-corrected chi connectivity index (χ4v) is 9.14. The van der Waals surface area contributed by atoms with Crippen molar-refractivity contribution in [1.82, 2.24) is 0 Å². The van der Waals surface area contributed by atoms with Gasteiger partial charge in [0, 0.05) is 5.92 Å². The Morgan fingerprint density at radius 3 is 2.13 bits per heavy atom. The first-order valence-electron chi connectivity index (χ1n) is 11.6. The van der Waals surface area contributed by atoms with E-state index in [1.54, 1.807) is 0 Å². The Morgan fingerprint density at radius 2 is 1.58 bits per heavy atom. The lowest BCUT2D eigenvalue weighted by Crippen LogP contribution is -2.67. The third kappa shape index (κ3) is 2.18. The number of aliphatic hydroxyl groups excluding tert-OH is 2. The lowest BCUT2D eigenvalue weighted by molar-refractivity contribution is -0.240. The van der Waals surface area contributed by atoms with Crippen LogP contribution < -0.4 is 0 Å². The number of halogens is 3.